The SMILES string of the molecule is COC(=O)[C@H](CN(N)C(=O)c1ccc(C(=O)NCCCCN(C)C(=O)OC(C)(C)C)cc1)S(=O)(=O)c1cccnc1. The van der Waals surface area contributed by atoms with E-state index >= 15 is 0 Å². The van der Waals surface area contributed by atoms with Gasteiger partial charge in [-0.25, -0.2) is 19.1 Å². The number of carbonyl (C=O) groups is 4. The standard InChI is InChI=1S/C27H37N5O8S/c1-27(2,3)40-26(36)31(4)16-7-6-15-30-23(33)19-10-12-20(13-11-19)24(34)32(28)18-22(25(35)39-5)41(37,38)21-9-8-14-29-17-21/h8-14,17,22H,6-7,15-16,18,28H2,1-5H3,(H,30,33)/t22-/m0/s1. The Hall–Kier alpha value is -4.04. The van der Waals surface area contributed by atoms with Crippen LogP contribution in [0.2, 0.25) is 0 Å². The Morgan fingerprint density at radius 2 is 1.68 bits per heavy atom. The van der Waals surface area contributed by atoms with Crippen LogP contribution in [0.1, 0.15) is 54.3 Å². The largest absolute Gasteiger partial charge is 0.468 e. The van der Waals surface area contributed by atoms with Gasteiger partial charge in [0.25, 0.3) is 11.8 Å². The lowest BCUT2D eigenvalue weighted by Crippen LogP contribution is -2.48. The van der Waals surface area contributed by atoms with Gasteiger partial charge in [0.05, 0.1) is 18.6 Å². The Morgan fingerprint density at radius 3 is 2.24 bits per heavy atom. The number of amides is 3. The predicted molar refractivity (Wildman–Crippen MR) is 149 cm³/mol. The third-order valence-electron chi connectivity index (χ3n) is 5.73. The van der Waals surface area contributed by atoms with Crippen molar-refractivity contribution in [2.45, 2.75) is 49.4 Å². The minimum atomic E-state index is -4.26. The molecule has 14 heteroatoms. The molecule has 1 aromatic heterocycles. The van der Waals surface area contributed by atoms with Gasteiger partial charge in [0.15, 0.2) is 15.1 Å². The average molecular weight is 592 g/mol. The van der Waals surface area contributed by atoms with Gasteiger partial charge in [-0.2, -0.15) is 0 Å². The molecule has 0 unspecified atom stereocenters. The van der Waals surface area contributed by atoms with Crippen LogP contribution in [0.3, 0.4) is 0 Å². The summed E-state index contributed by atoms with van der Waals surface area (Å²) in [5.74, 6) is 3.66. The molecule has 41 heavy (non-hydrogen) atoms. The second kappa shape index (κ2) is 14.6. The van der Waals surface area contributed by atoms with E-state index in [2.05, 4.69) is 15.0 Å². The molecule has 0 aliphatic rings. The highest BCUT2D eigenvalue weighted by Gasteiger charge is 2.37. The summed E-state index contributed by atoms with van der Waals surface area (Å²) < 4.78 is 35.9. The van der Waals surface area contributed by atoms with Crippen LogP contribution >= 0.6 is 0 Å². The van der Waals surface area contributed by atoms with Crippen LogP contribution in [0.5, 0.6) is 0 Å². The highest BCUT2D eigenvalue weighted by molar-refractivity contribution is 7.92. The molecule has 2 rings (SSSR count). The Kier molecular flexibility index (Phi) is 11.8. The number of hydrogen-bond donors (Lipinski definition) is 2. The number of aromatic nitrogens is 1. The highest BCUT2D eigenvalue weighted by atomic mass is 32.2. The first kappa shape index (κ1) is 33.2. The first-order valence-electron chi connectivity index (χ1n) is 12.8. The monoisotopic (exact) mass is 591 g/mol. The topological polar surface area (TPSA) is 178 Å². The molecular weight excluding hydrogens is 554 g/mol. The second-order valence-corrected chi connectivity index (χ2v) is 12.3. The highest BCUT2D eigenvalue weighted by Crippen LogP contribution is 2.18. The number of ether oxygens (including phenoxy) is 2. The van der Waals surface area contributed by atoms with Gasteiger partial charge in [-0.15, -0.1) is 0 Å². The molecule has 2 aromatic rings. The van der Waals surface area contributed by atoms with E-state index in [1.54, 1.807) is 27.8 Å². The first-order chi connectivity index (χ1) is 19.2. The van der Waals surface area contributed by atoms with E-state index in [1.165, 1.54) is 47.5 Å². The van der Waals surface area contributed by atoms with E-state index in [1.807, 2.05) is 0 Å². The lowest BCUT2D eigenvalue weighted by Gasteiger charge is -2.24. The molecule has 224 valence electrons. The first-order valence-corrected chi connectivity index (χ1v) is 14.3. The number of hydrogen-bond acceptors (Lipinski definition) is 10. The fourth-order valence-corrected chi connectivity index (χ4v) is 5.02. The number of esters is 1. The molecule has 1 atom stereocenters. The van der Waals surface area contributed by atoms with Gasteiger partial charge in [0, 0.05) is 43.7 Å². The summed E-state index contributed by atoms with van der Waals surface area (Å²) in [6.07, 6.45) is 3.33. The number of pyridine rings is 1. The molecule has 3 N–H and O–H groups in total. The van der Waals surface area contributed by atoms with E-state index < -0.39 is 45.2 Å². The summed E-state index contributed by atoms with van der Waals surface area (Å²) in [6.45, 7) is 5.55. The van der Waals surface area contributed by atoms with E-state index in [-0.39, 0.29) is 16.4 Å². The second-order valence-electron chi connectivity index (χ2n) is 10.1. The molecule has 13 nitrogen and oxygen atoms in total. The summed E-state index contributed by atoms with van der Waals surface area (Å²) in [5.41, 5.74) is -0.201. The van der Waals surface area contributed by atoms with Gasteiger partial charge < -0.3 is 19.7 Å². The molecule has 0 aliphatic heterocycles. The molecule has 0 radical (unpaired) electrons. The van der Waals surface area contributed by atoms with Crippen LogP contribution in [-0.2, 0) is 24.1 Å². The fourth-order valence-electron chi connectivity index (χ4n) is 3.51. The maximum absolute atomic E-state index is 13.0. The molecule has 1 heterocycles. The Balaban J connectivity index is 1.92. The van der Waals surface area contributed by atoms with Crippen LogP contribution in [0, 0.1) is 0 Å². The van der Waals surface area contributed by atoms with E-state index in [9.17, 15) is 27.6 Å². The molecule has 0 saturated carbocycles. The number of methoxy groups -OCH3 is 1. The number of nitrogens with one attached hydrogen (secondary N) is 1. The number of sulfone groups is 1. The maximum Gasteiger partial charge on any atom is 0.410 e. The predicted octanol–water partition coefficient (Wildman–Crippen LogP) is 1.79. The zero-order chi connectivity index (χ0) is 30.8. The number of benzene rings is 1. The molecule has 0 aliphatic carbocycles. The van der Waals surface area contributed by atoms with Crippen molar-refractivity contribution in [3.05, 3.63) is 59.9 Å². The third kappa shape index (κ3) is 9.83. The molecular formula is C27H37N5O8S. The zero-order valence-corrected chi connectivity index (χ0v) is 24.6. The van der Waals surface area contributed by atoms with Crippen molar-refractivity contribution >= 4 is 33.7 Å². The van der Waals surface area contributed by atoms with Crippen molar-refractivity contribution in [1.29, 1.82) is 0 Å². The Morgan fingerprint density at radius 1 is 1.05 bits per heavy atom. The summed E-state index contributed by atoms with van der Waals surface area (Å²) in [4.78, 5) is 54.6. The normalized spacial score (nSPS) is 12.1. The van der Waals surface area contributed by atoms with Gasteiger partial charge >= 0.3 is 12.1 Å². The van der Waals surface area contributed by atoms with Crippen LogP contribution in [-0.4, -0.2) is 91.8 Å². The van der Waals surface area contributed by atoms with E-state index in [4.69, 9.17) is 10.6 Å². The quantitative estimate of drug-likeness (QED) is 0.122. The number of carbonyl (C=O) groups excluding carboxylic acids is 4. The zero-order valence-electron chi connectivity index (χ0n) is 23.8. The van der Waals surface area contributed by atoms with Gasteiger partial charge in [-0.05, 0) is 70.0 Å². The van der Waals surface area contributed by atoms with Crippen LogP contribution < -0.4 is 11.2 Å². The fraction of sp³-hybridized carbons (Fsp3) is 0.444. The third-order valence-corrected chi connectivity index (χ3v) is 7.72. The van der Waals surface area contributed by atoms with Crippen LogP contribution in [0.15, 0.2) is 53.7 Å². The minimum absolute atomic E-state index is 0.0802. The number of rotatable bonds is 12. The summed E-state index contributed by atoms with van der Waals surface area (Å²) in [6, 6.07) is 8.27. The van der Waals surface area contributed by atoms with Crippen molar-refractivity contribution < 1.29 is 37.1 Å². The van der Waals surface area contributed by atoms with E-state index in [0.717, 1.165) is 13.3 Å². The average Bonchev–Trinajstić information content (AvgIpc) is 2.94. The maximum atomic E-state index is 13.0. The van der Waals surface area contributed by atoms with Crippen molar-refractivity contribution in [2.75, 3.05) is 33.8 Å². The number of hydrazine groups is 1. The lowest BCUT2D eigenvalue weighted by molar-refractivity contribution is -0.140. The number of nitrogens with two attached hydrogens (primary N) is 1. The van der Waals surface area contributed by atoms with Crippen molar-refractivity contribution in [2.24, 2.45) is 5.84 Å². The van der Waals surface area contributed by atoms with Gasteiger partial charge in [0.1, 0.15) is 5.60 Å². The molecule has 1 aromatic carbocycles. The molecule has 0 bridgehead atoms. The number of unbranched alkanes of at least 4 members (excludes halogenated alkanes) is 1. The summed E-state index contributed by atoms with van der Waals surface area (Å²) >= 11 is 0. The van der Waals surface area contributed by atoms with Crippen molar-refractivity contribution in [3.8, 4) is 0 Å². The van der Waals surface area contributed by atoms with Crippen molar-refractivity contribution in [1.82, 2.24) is 20.2 Å². The molecule has 0 fully saturated rings. The van der Waals surface area contributed by atoms with E-state index in [0.29, 0.717) is 36.5 Å². The minimum Gasteiger partial charge on any atom is -0.468 e. The van der Waals surface area contributed by atoms with Crippen LogP contribution in [0.4, 0.5) is 4.79 Å². The van der Waals surface area contributed by atoms with Crippen molar-refractivity contribution in [3.63, 3.8) is 0 Å². The Labute approximate surface area is 239 Å². The Bertz CT molecular complexity index is 1310. The molecule has 0 spiro atoms. The lowest BCUT2D eigenvalue weighted by atomic mass is 10.1. The van der Waals surface area contributed by atoms with Gasteiger partial charge in [-0.3, -0.25) is 24.4 Å². The smallest absolute Gasteiger partial charge is 0.410 e. The molecule has 3 amide bonds. The van der Waals surface area contributed by atoms with Gasteiger partial charge in [0.2, 0.25) is 0 Å². The summed E-state index contributed by atoms with van der Waals surface area (Å²) in [7, 11) is -1.58. The van der Waals surface area contributed by atoms with Crippen LogP contribution in [0.25, 0.3) is 0 Å². The molecule has 0 saturated heterocycles. The summed E-state index contributed by atoms with van der Waals surface area (Å²) in [5, 5.41) is 1.60. The number of nitrogens with zero attached hydrogens (tertiary/aromatic N) is 3. The van der Waals surface area contributed by atoms with Gasteiger partial charge in [-0.1, -0.05) is 0 Å².